The van der Waals surface area contributed by atoms with Gasteiger partial charge in [0.1, 0.15) is 11.9 Å². The van der Waals surface area contributed by atoms with E-state index in [9.17, 15) is 17.6 Å². The number of nitrogens with one attached hydrogen (secondary N) is 1. The van der Waals surface area contributed by atoms with Crippen LogP contribution in [0.1, 0.15) is 43.7 Å². The van der Waals surface area contributed by atoms with Gasteiger partial charge in [-0.2, -0.15) is 17.4 Å². The smallest absolute Gasteiger partial charge is 0.280 e. The topological polar surface area (TPSA) is 69.7 Å². The van der Waals surface area contributed by atoms with Gasteiger partial charge in [0.05, 0.1) is 0 Å². The van der Waals surface area contributed by atoms with Crippen LogP contribution < -0.4 is 4.72 Å². The Hall–Kier alpha value is -1.51. The standard InChI is InChI=1S/C17H24FN3O3S/c1-20-16(17(22)21-10-4-2-3-5-11-21)12-15(19-25(20,23)24)13-6-8-14(18)9-7-13/h6-9,15-16,19H,2-5,10-12H2,1H3/t15-,16+/m0/s1. The Bertz CT molecular complexity index is 715. The maximum absolute atomic E-state index is 13.1. The van der Waals surface area contributed by atoms with Crippen molar-refractivity contribution in [2.75, 3.05) is 20.1 Å². The van der Waals surface area contributed by atoms with Crippen LogP contribution in [0.3, 0.4) is 0 Å². The van der Waals surface area contributed by atoms with Crippen LogP contribution in [0, 0.1) is 5.82 Å². The van der Waals surface area contributed by atoms with E-state index in [2.05, 4.69) is 4.72 Å². The van der Waals surface area contributed by atoms with E-state index in [1.54, 1.807) is 17.0 Å². The van der Waals surface area contributed by atoms with Crippen molar-refractivity contribution < 1.29 is 17.6 Å². The number of likely N-dealkylation sites (N-methyl/N-ethyl adjacent to an activating group) is 1. The van der Waals surface area contributed by atoms with Gasteiger partial charge in [0, 0.05) is 26.2 Å². The molecule has 3 rings (SSSR count). The first-order chi connectivity index (χ1) is 11.9. The Morgan fingerprint density at radius 3 is 2.32 bits per heavy atom. The predicted octanol–water partition coefficient (Wildman–Crippen LogP) is 1.81. The van der Waals surface area contributed by atoms with Crippen molar-refractivity contribution in [3.63, 3.8) is 0 Å². The minimum absolute atomic E-state index is 0.137. The molecule has 2 heterocycles. The number of rotatable bonds is 2. The predicted molar refractivity (Wildman–Crippen MR) is 92.4 cm³/mol. The molecule has 2 fully saturated rings. The van der Waals surface area contributed by atoms with Crippen molar-refractivity contribution in [2.24, 2.45) is 0 Å². The highest BCUT2D eigenvalue weighted by atomic mass is 32.2. The van der Waals surface area contributed by atoms with E-state index in [1.807, 2.05) is 0 Å². The lowest BCUT2D eigenvalue weighted by Crippen LogP contribution is -2.57. The van der Waals surface area contributed by atoms with Crippen molar-refractivity contribution in [1.82, 2.24) is 13.9 Å². The molecule has 1 amide bonds. The van der Waals surface area contributed by atoms with Gasteiger partial charge in [-0.05, 0) is 37.0 Å². The number of likely N-dealkylation sites (tertiary alicyclic amines) is 1. The Morgan fingerprint density at radius 1 is 1.12 bits per heavy atom. The van der Waals surface area contributed by atoms with E-state index in [-0.39, 0.29) is 11.7 Å². The lowest BCUT2D eigenvalue weighted by molar-refractivity contribution is -0.135. The van der Waals surface area contributed by atoms with Crippen LogP contribution in [-0.2, 0) is 15.0 Å². The summed E-state index contributed by atoms with van der Waals surface area (Å²) in [6.45, 7) is 1.36. The van der Waals surface area contributed by atoms with E-state index < -0.39 is 22.3 Å². The van der Waals surface area contributed by atoms with E-state index in [0.29, 0.717) is 25.1 Å². The summed E-state index contributed by atoms with van der Waals surface area (Å²) in [6.07, 6.45) is 4.44. The number of amides is 1. The molecule has 0 aliphatic carbocycles. The number of benzene rings is 1. The fourth-order valence-corrected chi connectivity index (χ4v) is 4.78. The summed E-state index contributed by atoms with van der Waals surface area (Å²) in [7, 11) is -2.33. The zero-order valence-corrected chi connectivity index (χ0v) is 15.1. The van der Waals surface area contributed by atoms with Crippen molar-refractivity contribution in [3.8, 4) is 0 Å². The van der Waals surface area contributed by atoms with Crippen LogP contribution in [0.25, 0.3) is 0 Å². The molecule has 8 heteroatoms. The second-order valence-electron chi connectivity index (χ2n) is 6.73. The first-order valence-corrected chi connectivity index (χ1v) is 10.1. The lowest BCUT2D eigenvalue weighted by atomic mass is 9.99. The summed E-state index contributed by atoms with van der Waals surface area (Å²) in [5.74, 6) is -0.515. The SMILES string of the molecule is CN1[C@@H](C(=O)N2CCCCCC2)C[C@@H](c2ccc(F)cc2)NS1(=O)=O. The van der Waals surface area contributed by atoms with Crippen LogP contribution >= 0.6 is 0 Å². The number of hydrogen-bond acceptors (Lipinski definition) is 3. The molecule has 1 aromatic carbocycles. The third-order valence-corrected chi connectivity index (χ3v) is 6.64. The second kappa shape index (κ2) is 7.39. The lowest BCUT2D eigenvalue weighted by Gasteiger charge is -2.38. The number of carbonyl (C=O) groups excluding carboxylic acids is 1. The minimum Gasteiger partial charge on any atom is -0.341 e. The molecule has 2 aliphatic heterocycles. The summed E-state index contributed by atoms with van der Waals surface area (Å²) in [5, 5.41) is 0. The largest absolute Gasteiger partial charge is 0.341 e. The molecule has 2 saturated heterocycles. The van der Waals surface area contributed by atoms with Gasteiger partial charge in [-0.15, -0.1) is 0 Å². The number of hydrogen-bond donors (Lipinski definition) is 1. The van der Waals surface area contributed by atoms with E-state index in [0.717, 1.165) is 30.0 Å². The molecule has 1 N–H and O–H groups in total. The van der Waals surface area contributed by atoms with Crippen molar-refractivity contribution >= 4 is 16.1 Å². The molecule has 0 spiro atoms. The molecular formula is C17H24FN3O3S. The van der Waals surface area contributed by atoms with Gasteiger partial charge in [0.15, 0.2) is 0 Å². The maximum Gasteiger partial charge on any atom is 0.280 e. The number of carbonyl (C=O) groups is 1. The fourth-order valence-electron chi connectivity index (χ4n) is 3.51. The Balaban J connectivity index is 1.83. The number of nitrogens with zero attached hydrogens (tertiary/aromatic N) is 2. The molecule has 0 saturated carbocycles. The normalized spacial score (nSPS) is 27.7. The molecule has 25 heavy (non-hydrogen) atoms. The van der Waals surface area contributed by atoms with Crippen LogP contribution in [0.5, 0.6) is 0 Å². The molecule has 2 aliphatic rings. The third kappa shape index (κ3) is 4.02. The van der Waals surface area contributed by atoms with Gasteiger partial charge in [0.25, 0.3) is 10.2 Å². The average Bonchev–Trinajstić information content (AvgIpc) is 2.86. The molecule has 6 nitrogen and oxygen atoms in total. The van der Waals surface area contributed by atoms with Crippen molar-refractivity contribution in [2.45, 2.75) is 44.2 Å². The zero-order chi connectivity index (χ0) is 18.0. The highest BCUT2D eigenvalue weighted by molar-refractivity contribution is 7.87. The molecule has 1 aromatic rings. The highest BCUT2D eigenvalue weighted by Crippen LogP contribution is 2.29. The van der Waals surface area contributed by atoms with Crippen LogP contribution in [-0.4, -0.2) is 49.7 Å². The molecular weight excluding hydrogens is 345 g/mol. The zero-order valence-electron chi connectivity index (χ0n) is 14.3. The van der Waals surface area contributed by atoms with E-state index >= 15 is 0 Å². The molecule has 0 aromatic heterocycles. The molecule has 0 bridgehead atoms. The van der Waals surface area contributed by atoms with Crippen LogP contribution in [0.4, 0.5) is 4.39 Å². The Morgan fingerprint density at radius 2 is 1.72 bits per heavy atom. The second-order valence-corrected chi connectivity index (χ2v) is 8.50. The van der Waals surface area contributed by atoms with Crippen LogP contribution in [0.15, 0.2) is 24.3 Å². The molecule has 138 valence electrons. The first kappa shape index (κ1) is 18.3. The molecule has 0 radical (unpaired) electrons. The molecule has 0 unspecified atom stereocenters. The quantitative estimate of drug-likeness (QED) is 0.864. The Kier molecular flexibility index (Phi) is 5.41. The third-order valence-electron chi connectivity index (χ3n) is 5.04. The van der Waals surface area contributed by atoms with Crippen molar-refractivity contribution in [1.29, 1.82) is 0 Å². The fraction of sp³-hybridized carbons (Fsp3) is 0.588. The van der Waals surface area contributed by atoms with Gasteiger partial charge in [-0.25, -0.2) is 4.39 Å². The Labute approximate surface area is 148 Å². The van der Waals surface area contributed by atoms with Gasteiger partial charge < -0.3 is 4.90 Å². The minimum atomic E-state index is -3.77. The van der Waals surface area contributed by atoms with Gasteiger partial charge >= 0.3 is 0 Å². The van der Waals surface area contributed by atoms with Crippen LogP contribution in [0.2, 0.25) is 0 Å². The van der Waals surface area contributed by atoms with Gasteiger partial charge in [-0.1, -0.05) is 25.0 Å². The first-order valence-electron chi connectivity index (χ1n) is 8.68. The summed E-state index contributed by atoms with van der Waals surface area (Å²) >= 11 is 0. The monoisotopic (exact) mass is 369 g/mol. The van der Waals surface area contributed by atoms with Gasteiger partial charge in [0.2, 0.25) is 5.91 Å². The van der Waals surface area contributed by atoms with Gasteiger partial charge in [-0.3, -0.25) is 4.79 Å². The highest BCUT2D eigenvalue weighted by Gasteiger charge is 2.42. The summed E-state index contributed by atoms with van der Waals surface area (Å²) in [5.41, 5.74) is 0.659. The average molecular weight is 369 g/mol. The van der Waals surface area contributed by atoms with Crippen molar-refractivity contribution in [3.05, 3.63) is 35.6 Å². The summed E-state index contributed by atoms with van der Waals surface area (Å²) in [6, 6.07) is 4.44. The summed E-state index contributed by atoms with van der Waals surface area (Å²) < 4.78 is 41.8. The number of halogens is 1. The summed E-state index contributed by atoms with van der Waals surface area (Å²) in [4.78, 5) is 14.8. The molecule has 2 atom stereocenters. The van der Waals surface area contributed by atoms with E-state index in [4.69, 9.17) is 0 Å². The van der Waals surface area contributed by atoms with E-state index in [1.165, 1.54) is 19.2 Å². The maximum atomic E-state index is 13.1.